The molecule has 0 atom stereocenters. The van der Waals surface area contributed by atoms with Crippen molar-refractivity contribution in [1.29, 1.82) is 5.26 Å². The van der Waals surface area contributed by atoms with Crippen molar-refractivity contribution in [3.63, 3.8) is 0 Å². The lowest BCUT2D eigenvalue weighted by Gasteiger charge is -2.04. The van der Waals surface area contributed by atoms with Crippen LogP contribution in [-0.2, 0) is 6.42 Å². The van der Waals surface area contributed by atoms with E-state index in [0.29, 0.717) is 23.1 Å². The lowest BCUT2D eigenvalue weighted by atomic mass is 10.3. The standard InChI is InChI=1S/C11H10ClN5/c12-9-5-8(7-13)6-11(17-9)14-2-1-10-15-3-4-16-10/h3-6H,1-2H2,(H,14,17)(H,15,16). The fourth-order valence-electron chi connectivity index (χ4n) is 1.40. The van der Waals surface area contributed by atoms with Crippen LogP contribution in [0.5, 0.6) is 0 Å². The molecule has 2 N–H and O–H groups in total. The smallest absolute Gasteiger partial charge is 0.132 e. The quantitative estimate of drug-likeness (QED) is 0.810. The molecule has 6 heteroatoms. The van der Waals surface area contributed by atoms with Gasteiger partial charge in [-0.1, -0.05) is 11.6 Å². The van der Waals surface area contributed by atoms with E-state index in [1.54, 1.807) is 18.5 Å². The molecule has 2 aromatic rings. The van der Waals surface area contributed by atoms with E-state index in [1.165, 1.54) is 6.07 Å². The van der Waals surface area contributed by atoms with Gasteiger partial charge in [0.1, 0.15) is 16.8 Å². The van der Waals surface area contributed by atoms with E-state index >= 15 is 0 Å². The van der Waals surface area contributed by atoms with Gasteiger partial charge >= 0.3 is 0 Å². The predicted octanol–water partition coefficient (Wildman–Crippen LogP) is 1.98. The summed E-state index contributed by atoms with van der Waals surface area (Å²) in [6, 6.07) is 5.22. The van der Waals surface area contributed by atoms with Crippen LogP contribution in [0.1, 0.15) is 11.4 Å². The molecule has 0 unspecified atom stereocenters. The van der Waals surface area contributed by atoms with Gasteiger partial charge in [-0.3, -0.25) is 0 Å². The van der Waals surface area contributed by atoms with Crippen molar-refractivity contribution in [2.45, 2.75) is 6.42 Å². The molecule has 2 heterocycles. The van der Waals surface area contributed by atoms with Gasteiger partial charge in [-0.15, -0.1) is 0 Å². The summed E-state index contributed by atoms with van der Waals surface area (Å²) < 4.78 is 0. The van der Waals surface area contributed by atoms with Crippen LogP contribution in [0, 0.1) is 11.3 Å². The van der Waals surface area contributed by atoms with Crippen LogP contribution in [0.4, 0.5) is 5.82 Å². The Hall–Kier alpha value is -2.06. The number of hydrogen-bond acceptors (Lipinski definition) is 4. The summed E-state index contributed by atoms with van der Waals surface area (Å²) in [4.78, 5) is 11.2. The van der Waals surface area contributed by atoms with E-state index < -0.39 is 0 Å². The maximum absolute atomic E-state index is 8.78. The molecule has 0 aliphatic carbocycles. The van der Waals surface area contributed by atoms with Crippen LogP contribution >= 0.6 is 11.6 Å². The van der Waals surface area contributed by atoms with Crippen LogP contribution in [0.2, 0.25) is 5.15 Å². The average molecular weight is 248 g/mol. The van der Waals surface area contributed by atoms with Gasteiger partial charge in [-0.05, 0) is 12.1 Å². The number of rotatable bonds is 4. The highest BCUT2D eigenvalue weighted by molar-refractivity contribution is 6.29. The summed E-state index contributed by atoms with van der Waals surface area (Å²) in [6.07, 6.45) is 4.24. The molecule has 0 saturated heterocycles. The zero-order valence-corrected chi connectivity index (χ0v) is 9.70. The Bertz CT molecular complexity index is 529. The van der Waals surface area contributed by atoms with Crippen molar-refractivity contribution < 1.29 is 0 Å². The molecule has 5 nitrogen and oxygen atoms in total. The highest BCUT2D eigenvalue weighted by Gasteiger charge is 2.01. The van der Waals surface area contributed by atoms with Crippen LogP contribution in [0.15, 0.2) is 24.5 Å². The van der Waals surface area contributed by atoms with Gasteiger partial charge in [0.2, 0.25) is 0 Å². The molecule has 0 spiro atoms. The van der Waals surface area contributed by atoms with Gasteiger partial charge < -0.3 is 10.3 Å². The summed E-state index contributed by atoms with van der Waals surface area (Å²) in [7, 11) is 0. The van der Waals surface area contributed by atoms with Gasteiger partial charge in [0.25, 0.3) is 0 Å². The van der Waals surface area contributed by atoms with E-state index in [0.717, 1.165) is 12.2 Å². The van der Waals surface area contributed by atoms with Crippen LogP contribution in [0.3, 0.4) is 0 Å². The molecule has 0 bridgehead atoms. The van der Waals surface area contributed by atoms with Crippen molar-refractivity contribution in [1.82, 2.24) is 15.0 Å². The number of imidazole rings is 1. The monoisotopic (exact) mass is 247 g/mol. The Kier molecular flexibility index (Phi) is 3.58. The molecule has 0 amide bonds. The van der Waals surface area contributed by atoms with Gasteiger partial charge in [-0.2, -0.15) is 5.26 Å². The first-order valence-corrected chi connectivity index (χ1v) is 5.45. The number of aromatic nitrogens is 3. The van der Waals surface area contributed by atoms with Crippen LogP contribution in [-0.4, -0.2) is 21.5 Å². The number of hydrogen-bond donors (Lipinski definition) is 2. The van der Waals surface area contributed by atoms with Crippen molar-refractivity contribution in [3.8, 4) is 6.07 Å². The zero-order valence-electron chi connectivity index (χ0n) is 8.94. The fraction of sp³-hybridized carbons (Fsp3) is 0.182. The molecule has 0 saturated carbocycles. The summed E-state index contributed by atoms with van der Waals surface area (Å²) in [6.45, 7) is 0.672. The third-order valence-electron chi connectivity index (χ3n) is 2.15. The molecule has 0 radical (unpaired) electrons. The summed E-state index contributed by atoms with van der Waals surface area (Å²) in [5.41, 5.74) is 0.491. The van der Waals surface area contributed by atoms with Crippen LogP contribution < -0.4 is 5.32 Å². The highest BCUT2D eigenvalue weighted by Crippen LogP contribution is 2.13. The molecular weight excluding hydrogens is 238 g/mol. The second kappa shape index (κ2) is 5.32. The highest BCUT2D eigenvalue weighted by atomic mass is 35.5. The van der Waals surface area contributed by atoms with Crippen molar-refractivity contribution >= 4 is 17.4 Å². The number of aromatic amines is 1. The maximum Gasteiger partial charge on any atom is 0.132 e. The first-order chi connectivity index (χ1) is 8.28. The second-order valence-electron chi connectivity index (χ2n) is 3.39. The molecule has 2 rings (SSSR count). The Labute approximate surface area is 103 Å². The lowest BCUT2D eigenvalue weighted by molar-refractivity contribution is 0.921. The van der Waals surface area contributed by atoms with Gasteiger partial charge in [-0.25, -0.2) is 9.97 Å². The Morgan fingerprint density at radius 1 is 1.47 bits per heavy atom. The number of nitriles is 1. The minimum atomic E-state index is 0.310. The van der Waals surface area contributed by atoms with Crippen LogP contribution in [0.25, 0.3) is 0 Å². The van der Waals surface area contributed by atoms with Crippen molar-refractivity contribution in [3.05, 3.63) is 41.1 Å². The number of halogens is 1. The summed E-state index contributed by atoms with van der Waals surface area (Å²) in [5, 5.41) is 12.2. The van der Waals surface area contributed by atoms with E-state index in [2.05, 4.69) is 20.3 Å². The normalized spacial score (nSPS) is 9.88. The average Bonchev–Trinajstić information content (AvgIpc) is 2.81. The summed E-state index contributed by atoms with van der Waals surface area (Å²) >= 11 is 5.79. The molecule has 0 fully saturated rings. The molecular formula is C11H10ClN5. The first-order valence-electron chi connectivity index (χ1n) is 5.08. The molecule has 0 aliphatic heterocycles. The Morgan fingerprint density at radius 3 is 3.06 bits per heavy atom. The number of pyridine rings is 1. The third kappa shape index (κ3) is 3.20. The fourth-order valence-corrected chi connectivity index (χ4v) is 1.60. The first kappa shape index (κ1) is 11.4. The molecule has 17 heavy (non-hydrogen) atoms. The molecule has 86 valence electrons. The maximum atomic E-state index is 8.78. The number of H-pyrrole nitrogens is 1. The Balaban J connectivity index is 1.95. The zero-order chi connectivity index (χ0) is 12.1. The minimum Gasteiger partial charge on any atom is -0.370 e. The predicted molar refractivity (Wildman–Crippen MR) is 64.7 cm³/mol. The Morgan fingerprint density at radius 2 is 2.35 bits per heavy atom. The third-order valence-corrected chi connectivity index (χ3v) is 2.34. The van der Waals surface area contributed by atoms with Gasteiger partial charge in [0.05, 0.1) is 11.6 Å². The summed E-state index contributed by atoms with van der Waals surface area (Å²) in [5.74, 6) is 1.50. The molecule has 2 aromatic heterocycles. The van der Waals surface area contributed by atoms with E-state index in [-0.39, 0.29) is 0 Å². The number of nitrogens with one attached hydrogen (secondary N) is 2. The van der Waals surface area contributed by atoms with E-state index in [9.17, 15) is 0 Å². The van der Waals surface area contributed by atoms with Crippen molar-refractivity contribution in [2.75, 3.05) is 11.9 Å². The number of nitrogens with zero attached hydrogens (tertiary/aromatic N) is 3. The molecule has 0 aliphatic rings. The van der Waals surface area contributed by atoms with Gasteiger partial charge in [0, 0.05) is 25.4 Å². The van der Waals surface area contributed by atoms with Gasteiger partial charge in [0.15, 0.2) is 0 Å². The second-order valence-corrected chi connectivity index (χ2v) is 3.78. The largest absolute Gasteiger partial charge is 0.370 e. The SMILES string of the molecule is N#Cc1cc(Cl)nc(NCCc2ncc[nH]2)c1. The minimum absolute atomic E-state index is 0.310. The number of anilines is 1. The topological polar surface area (TPSA) is 77.4 Å². The lowest BCUT2D eigenvalue weighted by Crippen LogP contribution is -2.07. The van der Waals surface area contributed by atoms with Crippen molar-refractivity contribution in [2.24, 2.45) is 0 Å². The van der Waals surface area contributed by atoms with E-state index in [1.807, 2.05) is 6.07 Å². The van der Waals surface area contributed by atoms with E-state index in [4.69, 9.17) is 16.9 Å². The molecule has 0 aromatic carbocycles.